The number of fused-ring (bicyclic) bond motifs is 3. The summed E-state index contributed by atoms with van der Waals surface area (Å²) in [4.78, 5) is 25.6. The number of amides is 1. The largest absolute Gasteiger partial charge is 0.355 e. The van der Waals surface area contributed by atoms with E-state index >= 15 is 0 Å². The SMILES string of the molecule is CCNC(=O)C(C)(c1ccccc1)c1nc2cnc3ccccc3c2[nH]1. The van der Waals surface area contributed by atoms with Gasteiger partial charge in [0.15, 0.2) is 0 Å². The van der Waals surface area contributed by atoms with Crippen LogP contribution in [0, 0.1) is 0 Å². The lowest BCUT2D eigenvalue weighted by atomic mass is 9.80. The van der Waals surface area contributed by atoms with Gasteiger partial charge >= 0.3 is 0 Å². The van der Waals surface area contributed by atoms with E-state index in [0.29, 0.717) is 12.4 Å². The fourth-order valence-corrected chi connectivity index (χ4v) is 3.33. The van der Waals surface area contributed by atoms with Crippen LogP contribution in [0.4, 0.5) is 0 Å². The van der Waals surface area contributed by atoms with E-state index in [1.54, 1.807) is 6.20 Å². The molecule has 1 atom stereocenters. The van der Waals surface area contributed by atoms with Crippen molar-refractivity contribution in [3.8, 4) is 0 Å². The van der Waals surface area contributed by atoms with Crippen LogP contribution in [0.2, 0.25) is 0 Å². The van der Waals surface area contributed by atoms with Gasteiger partial charge in [0, 0.05) is 11.9 Å². The number of para-hydroxylation sites is 1. The van der Waals surface area contributed by atoms with Crippen LogP contribution < -0.4 is 5.32 Å². The lowest BCUT2D eigenvalue weighted by Crippen LogP contribution is -2.43. The number of nitrogens with zero attached hydrogens (tertiary/aromatic N) is 2. The molecule has 5 heteroatoms. The number of nitrogens with one attached hydrogen (secondary N) is 2. The van der Waals surface area contributed by atoms with Crippen molar-refractivity contribution in [2.45, 2.75) is 19.3 Å². The first-order chi connectivity index (χ1) is 12.6. The minimum absolute atomic E-state index is 0.0810. The van der Waals surface area contributed by atoms with E-state index in [0.717, 1.165) is 27.5 Å². The van der Waals surface area contributed by atoms with Gasteiger partial charge in [0.05, 0.1) is 17.2 Å². The van der Waals surface area contributed by atoms with Gasteiger partial charge in [0.2, 0.25) is 5.91 Å². The second-order valence-corrected chi connectivity index (χ2v) is 6.47. The molecule has 26 heavy (non-hydrogen) atoms. The van der Waals surface area contributed by atoms with Crippen LogP contribution >= 0.6 is 0 Å². The maximum absolute atomic E-state index is 13.0. The summed E-state index contributed by atoms with van der Waals surface area (Å²) in [5.41, 5.74) is 2.52. The van der Waals surface area contributed by atoms with Gasteiger partial charge in [-0.05, 0) is 25.5 Å². The molecule has 1 amide bonds. The van der Waals surface area contributed by atoms with E-state index in [1.165, 1.54) is 0 Å². The van der Waals surface area contributed by atoms with Crippen molar-refractivity contribution in [3.63, 3.8) is 0 Å². The van der Waals surface area contributed by atoms with Crippen molar-refractivity contribution in [3.05, 3.63) is 72.2 Å². The zero-order valence-electron chi connectivity index (χ0n) is 14.8. The maximum Gasteiger partial charge on any atom is 0.238 e. The first kappa shape index (κ1) is 16.3. The molecule has 2 aromatic carbocycles. The van der Waals surface area contributed by atoms with Gasteiger partial charge in [-0.1, -0.05) is 48.5 Å². The third kappa shape index (κ3) is 2.44. The Morgan fingerprint density at radius 1 is 1.08 bits per heavy atom. The Morgan fingerprint density at radius 2 is 1.81 bits per heavy atom. The number of hydrogen-bond donors (Lipinski definition) is 2. The zero-order valence-corrected chi connectivity index (χ0v) is 14.8. The molecule has 0 spiro atoms. The lowest BCUT2D eigenvalue weighted by molar-refractivity contribution is -0.124. The number of benzene rings is 2. The number of likely N-dealkylation sites (N-methyl/N-ethyl adjacent to an activating group) is 1. The van der Waals surface area contributed by atoms with Crippen LogP contribution in [0.15, 0.2) is 60.8 Å². The Bertz CT molecular complexity index is 1090. The van der Waals surface area contributed by atoms with Crippen LogP contribution in [-0.2, 0) is 10.2 Å². The van der Waals surface area contributed by atoms with E-state index in [-0.39, 0.29) is 5.91 Å². The van der Waals surface area contributed by atoms with Crippen LogP contribution in [0.5, 0.6) is 0 Å². The minimum Gasteiger partial charge on any atom is -0.355 e. The van der Waals surface area contributed by atoms with E-state index in [1.807, 2.05) is 68.4 Å². The molecule has 0 saturated carbocycles. The first-order valence-electron chi connectivity index (χ1n) is 8.72. The van der Waals surface area contributed by atoms with E-state index in [4.69, 9.17) is 4.98 Å². The monoisotopic (exact) mass is 344 g/mol. The lowest BCUT2D eigenvalue weighted by Gasteiger charge is -2.26. The van der Waals surface area contributed by atoms with Crippen molar-refractivity contribution in [1.29, 1.82) is 0 Å². The topological polar surface area (TPSA) is 70.7 Å². The average Bonchev–Trinajstić information content (AvgIpc) is 3.13. The quantitative estimate of drug-likeness (QED) is 0.595. The molecule has 0 fully saturated rings. The van der Waals surface area contributed by atoms with Gasteiger partial charge < -0.3 is 10.3 Å². The number of pyridine rings is 1. The molecule has 0 aliphatic heterocycles. The number of H-pyrrole nitrogens is 1. The van der Waals surface area contributed by atoms with Gasteiger partial charge in [-0.2, -0.15) is 0 Å². The molecule has 4 rings (SSSR count). The summed E-state index contributed by atoms with van der Waals surface area (Å²) in [6.45, 7) is 4.38. The molecular formula is C21H20N4O. The molecule has 0 bridgehead atoms. The fraction of sp³-hybridized carbons (Fsp3) is 0.190. The second kappa shape index (κ2) is 6.26. The van der Waals surface area contributed by atoms with Crippen LogP contribution in [0.3, 0.4) is 0 Å². The molecular weight excluding hydrogens is 324 g/mol. The van der Waals surface area contributed by atoms with Crippen molar-refractivity contribution in [2.24, 2.45) is 0 Å². The highest BCUT2D eigenvalue weighted by atomic mass is 16.2. The van der Waals surface area contributed by atoms with Crippen molar-refractivity contribution in [1.82, 2.24) is 20.3 Å². The number of aromatic nitrogens is 3. The smallest absolute Gasteiger partial charge is 0.238 e. The highest BCUT2D eigenvalue weighted by Crippen LogP contribution is 2.33. The molecule has 130 valence electrons. The predicted molar refractivity (Wildman–Crippen MR) is 103 cm³/mol. The molecule has 5 nitrogen and oxygen atoms in total. The van der Waals surface area contributed by atoms with Gasteiger partial charge in [-0.15, -0.1) is 0 Å². The fourth-order valence-electron chi connectivity index (χ4n) is 3.33. The van der Waals surface area contributed by atoms with Crippen molar-refractivity contribution in [2.75, 3.05) is 6.54 Å². The molecule has 0 aliphatic rings. The van der Waals surface area contributed by atoms with E-state index < -0.39 is 5.41 Å². The van der Waals surface area contributed by atoms with Gasteiger partial charge in [0.25, 0.3) is 0 Å². The standard InChI is InChI=1S/C21H20N4O/c1-3-22-20(26)21(2,14-9-5-4-6-10-14)19-24-17-13-23-16-12-8-7-11-15(16)18(17)25-19/h4-13H,3H2,1-2H3,(H,22,26)(H,24,25). The number of hydrogen-bond acceptors (Lipinski definition) is 3. The highest BCUT2D eigenvalue weighted by Gasteiger charge is 2.40. The third-order valence-corrected chi connectivity index (χ3v) is 4.85. The van der Waals surface area contributed by atoms with Crippen molar-refractivity contribution < 1.29 is 4.79 Å². The van der Waals surface area contributed by atoms with E-state index in [2.05, 4.69) is 15.3 Å². The summed E-state index contributed by atoms with van der Waals surface area (Å²) in [6, 6.07) is 17.6. The molecule has 0 radical (unpaired) electrons. The van der Waals surface area contributed by atoms with Crippen LogP contribution in [-0.4, -0.2) is 27.4 Å². The molecule has 0 aliphatic carbocycles. The Labute approximate surface area is 151 Å². The van der Waals surface area contributed by atoms with Crippen LogP contribution in [0.1, 0.15) is 25.2 Å². The third-order valence-electron chi connectivity index (χ3n) is 4.85. The van der Waals surface area contributed by atoms with Crippen LogP contribution in [0.25, 0.3) is 21.9 Å². The summed E-state index contributed by atoms with van der Waals surface area (Å²) in [5.74, 6) is 0.533. The zero-order chi connectivity index (χ0) is 18.1. The normalized spacial score (nSPS) is 13.6. The maximum atomic E-state index is 13.0. The average molecular weight is 344 g/mol. The summed E-state index contributed by atoms with van der Waals surface area (Å²) >= 11 is 0. The van der Waals surface area contributed by atoms with E-state index in [9.17, 15) is 4.79 Å². The second-order valence-electron chi connectivity index (χ2n) is 6.47. The molecule has 2 heterocycles. The number of imidazole rings is 1. The molecule has 4 aromatic rings. The summed E-state index contributed by atoms with van der Waals surface area (Å²) in [5, 5.41) is 3.95. The highest BCUT2D eigenvalue weighted by molar-refractivity contribution is 6.02. The minimum atomic E-state index is -0.919. The number of carbonyl (C=O) groups is 1. The molecule has 1 unspecified atom stereocenters. The Morgan fingerprint density at radius 3 is 2.58 bits per heavy atom. The van der Waals surface area contributed by atoms with Gasteiger partial charge in [-0.25, -0.2) is 4.98 Å². The Kier molecular flexibility index (Phi) is 3.92. The summed E-state index contributed by atoms with van der Waals surface area (Å²) < 4.78 is 0. The Balaban J connectivity index is 1.96. The summed E-state index contributed by atoms with van der Waals surface area (Å²) in [7, 11) is 0. The predicted octanol–water partition coefficient (Wildman–Crippen LogP) is 3.55. The Hall–Kier alpha value is -3.21. The summed E-state index contributed by atoms with van der Waals surface area (Å²) in [6.07, 6.45) is 1.75. The van der Waals surface area contributed by atoms with Gasteiger partial charge in [0.1, 0.15) is 16.8 Å². The first-order valence-corrected chi connectivity index (χ1v) is 8.72. The van der Waals surface area contributed by atoms with Crippen molar-refractivity contribution >= 4 is 27.8 Å². The molecule has 0 saturated heterocycles. The number of carbonyl (C=O) groups excluding carboxylic acids is 1. The van der Waals surface area contributed by atoms with Gasteiger partial charge in [-0.3, -0.25) is 9.78 Å². The molecule has 2 aromatic heterocycles. The number of aromatic amines is 1. The molecule has 2 N–H and O–H groups in total. The number of rotatable bonds is 4.